The molecule has 2 fully saturated rings. The van der Waals surface area contributed by atoms with Crippen LogP contribution in [-0.2, 0) is 20.9 Å². The summed E-state index contributed by atoms with van der Waals surface area (Å²) in [5, 5.41) is 9.07. The van der Waals surface area contributed by atoms with Gasteiger partial charge in [-0.15, -0.1) is 11.8 Å². The van der Waals surface area contributed by atoms with E-state index in [1.807, 2.05) is 66.1 Å². The van der Waals surface area contributed by atoms with E-state index < -0.39 is 22.6 Å². The SMILES string of the molecule is CC(C)N1CC=C[C@]23S[C@@H]4C=CCN(Cc5ccccc5)C(=O)[C@@H]4[C@H]2C(=O)N(CCCCCO)C3C1=O. The Labute approximate surface area is 223 Å². The van der Waals surface area contributed by atoms with Gasteiger partial charge in [-0.05, 0) is 38.7 Å². The topological polar surface area (TPSA) is 81.2 Å². The fraction of sp³-hybridized carbons (Fsp3) is 0.552. The Bertz CT molecular complexity index is 1090. The highest BCUT2D eigenvalue weighted by atomic mass is 32.2. The Kier molecular flexibility index (Phi) is 7.50. The number of fused-ring (bicyclic) bond motifs is 2. The number of rotatable bonds is 8. The van der Waals surface area contributed by atoms with Gasteiger partial charge in [0.25, 0.3) is 0 Å². The molecule has 1 unspecified atom stereocenters. The van der Waals surface area contributed by atoms with Crippen molar-refractivity contribution in [3.05, 3.63) is 60.2 Å². The first-order valence-corrected chi connectivity index (χ1v) is 14.3. The van der Waals surface area contributed by atoms with Crippen LogP contribution in [0.3, 0.4) is 0 Å². The summed E-state index contributed by atoms with van der Waals surface area (Å²) in [7, 11) is 0. The average molecular weight is 524 g/mol. The van der Waals surface area contributed by atoms with E-state index in [4.69, 9.17) is 0 Å². The number of hydrogen-bond donors (Lipinski definition) is 1. The Morgan fingerprint density at radius 1 is 1.00 bits per heavy atom. The molecule has 37 heavy (non-hydrogen) atoms. The summed E-state index contributed by atoms with van der Waals surface area (Å²) >= 11 is 1.63. The Hall–Kier alpha value is -2.58. The number of aliphatic hydroxyl groups excluding tert-OH is 1. The van der Waals surface area contributed by atoms with E-state index in [9.17, 15) is 19.5 Å². The number of carbonyl (C=O) groups is 3. The Morgan fingerprint density at radius 3 is 2.51 bits per heavy atom. The van der Waals surface area contributed by atoms with Gasteiger partial charge in [-0.1, -0.05) is 54.6 Å². The van der Waals surface area contributed by atoms with Crippen molar-refractivity contribution >= 4 is 29.5 Å². The number of carbonyl (C=O) groups excluding carboxylic acids is 3. The molecule has 5 atom stereocenters. The number of nitrogens with zero attached hydrogens (tertiary/aromatic N) is 3. The summed E-state index contributed by atoms with van der Waals surface area (Å²) in [6, 6.07) is 9.32. The number of aliphatic hydroxyl groups is 1. The highest BCUT2D eigenvalue weighted by Gasteiger charge is 2.70. The molecule has 4 heterocycles. The fourth-order valence-electron chi connectivity index (χ4n) is 6.43. The van der Waals surface area contributed by atoms with Crippen LogP contribution < -0.4 is 0 Å². The molecule has 7 nitrogen and oxygen atoms in total. The number of thioether (sulfide) groups is 1. The molecule has 0 bridgehead atoms. The Balaban J connectivity index is 1.51. The smallest absolute Gasteiger partial charge is 0.247 e. The molecule has 4 aliphatic rings. The maximum absolute atomic E-state index is 14.2. The van der Waals surface area contributed by atoms with Crippen LogP contribution in [0, 0.1) is 11.8 Å². The third-order valence-corrected chi connectivity index (χ3v) is 9.91. The fourth-order valence-corrected chi connectivity index (χ4v) is 8.43. The van der Waals surface area contributed by atoms with Crippen LogP contribution in [0.2, 0.25) is 0 Å². The molecule has 1 N–H and O–H groups in total. The van der Waals surface area contributed by atoms with E-state index in [-0.39, 0.29) is 35.6 Å². The molecule has 4 aliphatic heterocycles. The third-order valence-electron chi connectivity index (χ3n) is 8.17. The molecule has 198 valence electrons. The van der Waals surface area contributed by atoms with Crippen LogP contribution in [0.5, 0.6) is 0 Å². The van der Waals surface area contributed by atoms with Crippen LogP contribution in [0.4, 0.5) is 0 Å². The minimum absolute atomic E-state index is 0.00623. The number of benzene rings is 1. The minimum Gasteiger partial charge on any atom is -0.396 e. The molecule has 2 saturated heterocycles. The number of hydrogen-bond acceptors (Lipinski definition) is 5. The lowest BCUT2D eigenvalue weighted by molar-refractivity contribution is -0.145. The first kappa shape index (κ1) is 26.0. The summed E-state index contributed by atoms with van der Waals surface area (Å²) in [5.74, 6) is -1.20. The van der Waals surface area contributed by atoms with E-state index in [0.717, 1.165) is 18.4 Å². The van der Waals surface area contributed by atoms with E-state index >= 15 is 0 Å². The predicted octanol–water partition coefficient (Wildman–Crippen LogP) is 2.85. The zero-order chi connectivity index (χ0) is 26.2. The van der Waals surface area contributed by atoms with Crippen molar-refractivity contribution in [2.75, 3.05) is 26.2 Å². The zero-order valence-corrected chi connectivity index (χ0v) is 22.5. The van der Waals surface area contributed by atoms with Crippen molar-refractivity contribution in [2.45, 2.75) is 61.7 Å². The van der Waals surface area contributed by atoms with E-state index in [1.165, 1.54) is 0 Å². The normalized spacial score (nSPS) is 31.0. The van der Waals surface area contributed by atoms with Gasteiger partial charge in [-0.25, -0.2) is 0 Å². The van der Waals surface area contributed by atoms with E-state index in [2.05, 4.69) is 12.2 Å². The molecule has 5 rings (SSSR count). The molecule has 0 radical (unpaired) electrons. The lowest BCUT2D eigenvalue weighted by atomic mass is 9.78. The molecule has 3 amide bonds. The van der Waals surface area contributed by atoms with Crippen molar-refractivity contribution < 1.29 is 19.5 Å². The maximum Gasteiger partial charge on any atom is 0.247 e. The van der Waals surface area contributed by atoms with Crippen LogP contribution >= 0.6 is 11.8 Å². The van der Waals surface area contributed by atoms with Crippen LogP contribution in [-0.4, -0.2) is 85.8 Å². The molecule has 1 aromatic carbocycles. The van der Waals surface area contributed by atoms with Gasteiger partial charge in [0.2, 0.25) is 17.7 Å². The third kappa shape index (κ3) is 4.52. The van der Waals surface area contributed by atoms with Gasteiger partial charge in [0.05, 0.1) is 16.6 Å². The molecule has 0 saturated carbocycles. The van der Waals surface area contributed by atoms with Crippen LogP contribution in [0.1, 0.15) is 38.7 Å². The van der Waals surface area contributed by atoms with E-state index in [0.29, 0.717) is 32.6 Å². The zero-order valence-electron chi connectivity index (χ0n) is 21.7. The maximum atomic E-state index is 14.2. The van der Waals surface area contributed by atoms with Gasteiger partial charge in [0.1, 0.15) is 6.04 Å². The number of unbranched alkanes of at least 4 members (excludes halogenated alkanes) is 2. The lowest BCUT2D eigenvalue weighted by Gasteiger charge is -2.36. The molecular formula is C29H37N3O4S. The highest BCUT2D eigenvalue weighted by molar-refractivity contribution is 8.02. The second-order valence-corrected chi connectivity index (χ2v) is 12.3. The summed E-state index contributed by atoms with van der Waals surface area (Å²) in [4.78, 5) is 47.8. The van der Waals surface area contributed by atoms with E-state index in [1.54, 1.807) is 16.7 Å². The van der Waals surface area contributed by atoms with Crippen LogP contribution in [0.25, 0.3) is 0 Å². The minimum atomic E-state index is -0.764. The Morgan fingerprint density at radius 2 is 1.78 bits per heavy atom. The quantitative estimate of drug-likeness (QED) is 0.419. The standard InChI is InChI=1S/C29H37N3O4S/c1-20(2)31-17-10-14-29-24(27(35)32(25(29)28(31)36)16-7-4-8-18-33)23-22(37-29)13-9-15-30(26(23)34)19-21-11-5-3-6-12-21/h3,5-6,9-14,20,22-25,33H,4,7-8,15-19H2,1-2H3/t22-,23+,24+,25?,29+/m1/s1. The van der Waals surface area contributed by atoms with Crippen molar-refractivity contribution in [1.82, 2.24) is 14.7 Å². The molecule has 8 heteroatoms. The molecule has 1 spiro atoms. The summed E-state index contributed by atoms with van der Waals surface area (Å²) in [6.45, 7) is 6.10. The van der Waals surface area contributed by atoms with Gasteiger partial charge in [0.15, 0.2) is 0 Å². The lowest BCUT2D eigenvalue weighted by Crippen LogP contribution is -2.54. The van der Waals surface area contributed by atoms with Crippen molar-refractivity contribution in [3.8, 4) is 0 Å². The average Bonchev–Trinajstić information content (AvgIpc) is 3.19. The highest BCUT2D eigenvalue weighted by Crippen LogP contribution is 2.61. The summed E-state index contributed by atoms with van der Waals surface area (Å²) in [5.41, 5.74) is 1.06. The van der Waals surface area contributed by atoms with Gasteiger partial charge in [-0.2, -0.15) is 0 Å². The largest absolute Gasteiger partial charge is 0.396 e. The number of amides is 3. The van der Waals surface area contributed by atoms with Crippen LogP contribution in [0.15, 0.2) is 54.6 Å². The first-order chi connectivity index (χ1) is 17.9. The van der Waals surface area contributed by atoms with Gasteiger partial charge in [-0.3, -0.25) is 14.4 Å². The summed E-state index contributed by atoms with van der Waals surface area (Å²) < 4.78 is -0.764. The predicted molar refractivity (Wildman–Crippen MR) is 145 cm³/mol. The van der Waals surface area contributed by atoms with Gasteiger partial charge in [0, 0.05) is 44.1 Å². The molecule has 1 aromatic rings. The van der Waals surface area contributed by atoms with Gasteiger partial charge < -0.3 is 19.8 Å². The number of likely N-dealkylation sites (tertiary alicyclic amines) is 1. The van der Waals surface area contributed by atoms with Crippen molar-refractivity contribution in [2.24, 2.45) is 11.8 Å². The molecule has 0 aliphatic carbocycles. The molecular weight excluding hydrogens is 486 g/mol. The second kappa shape index (κ2) is 10.7. The summed E-state index contributed by atoms with van der Waals surface area (Å²) in [6.07, 6.45) is 10.4. The monoisotopic (exact) mass is 523 g/mol. The van der Waals surface area contributed by atoms with Crippen molar-refractivity contribution in [1.29, 1.82) is 0 Å². The second-order valence-electron chi connectivity index (χ2n) is 10.8. The van der Waals surface area contributed by atoms with Gasteiger partial charge >= 0.3 is 0 Å². The first-order valence-electron chi connectivity index (χ1n) is 13.5. The molecule has 0 aromatic heterocycles. The van der Waals surface area contributed by atoms with Crippen molar-refractivity contribution in [3.63, 3.8) is 0 Å².